The molecule has 4 rings (SSSR count). The lowest BCUT2D eigenvalue weighted by Gasteiger charge is -2.20. The fourth-order valence-electron chi connectivity index (χ4n) is 4.13. The van der Waals surface area contributed by atoms with Crippen molar-refractivity contribution in [1.82, 2.24) is 0 Å². The van der Waals surface area contributed by atoms with Crippen LogP contribution in [0.15, 0.2) is 48.5 Å². The number of benzene rings is 3. The first-order chi connectivity index (χ1) is 19.5. The van der Waals surface area contributed by atoms with Gasteiger partial charge < -0.3 is 15.4 Å². The van der Waals surface area contributed by atoms with Crippen LogP contribution in [0.5, 0.6) is 0 Å². The number of halogens is 7. The van der Waals surface area contributed by atoms with Crippen LogP contribution in [0.4, 0.5) is 30.6 Å². The zero-order valence-corrected chi connectivity index (χ0v) is 25.8. The molecule has 0 heterocycles. The summed E-state index contributed by atoms with van der Waals surface area (Å²) < 4.78 is 33.3. The van der Waals surface area contributed by atoms with Gasteiger partial charge in [-0.05, 0) is 68.8 Å². The topological polar surface area (TPSA) is 96.5 Å². The Balaban J connectivity index is 1.51. The standard InChI is InChI=1S/C28H22Cl5F2N3O4/c1-27(2,3)42-26(41)37-19-9-8-18(34)23(22(19)35)38-24(39)14-11-13(5-7-15(14)29)36-25(40)21-20(28(21,32)33)12-4-6-16(30)17(31)10-12/h4-11,20-21H,1-3H3,(H,36,40)(H,37,41)(H,38,39)/t20-,21+/m0/s1. The molecular weight excluding hydrogens is 658 g/mol. The van der Waals surface area contributed by atoms with Gasteiger partial charge in [-0.1, -0.05) is 40.9 Å². The van der Waals surface area contributed by atoms with Crippen molar-refractivity contribution in [3.63, 3.8) is 0 Å². The maximum absolute atomic E-state index is 15.1. The van der Waals surface area contributed by atoms with Gasteiger partial charge in [0, 0.05) is 11.6 Å². The van der Waals surface area contributed by atoms with Gasteiger partial charge in [0.05, 0.1) is 32.2 Å². The largest absolute Gasteiger partial charge is 0.444 e. The van der Waals surface area contributed by atoms with Crippen LogP contribution in [0.1, 0.15) is 42.6 Å². The highest BCUT2D eigenvalue weighted by Gasteiger charge is 2.67. The first-order valence-electron chi connectivity index (χ1n) is 12.2. The monoisotopic (exact) mass is 677 g/mol. The maximum atomic E-state index is 15.1. The fraction of sp³-hybridized carbons (Fsp3) is 0.250. The van der Waals surface area contributed by atoms with Crippen molar-refractivity contribution in [2.24, 2.45) is 5.92 Å². The van der Waals surface area contributed by atoms with Gasteiger partial charge >= 0.3 is 6.09 Å². The Kier molecular flexibility index (Phi) is 9.21. The van der Waals surface area contributed by atoms with Crippen LogP contribution in [-0.2, 0) is 9.53 Å². The molecule has 0 radical (unpaired) electrons. The summed E-state index contributed by atoms with van der Waals surface area (Å²) in [5, 5.41) is 7.45. The highest BCUT2D eigenvalue weighted by Crippen LogP contribution is 2.65. The molecule has 0 aliphatic heterocycles. The van der Waals surface area contributed by atoms with E-state index in [2.05, 4.69) is 16.0 Å². The molecule has 7 nitrogen and oxygen atoms in total. The Bertz CT molecular complexity index is 1600. The zero-order chi connectivity index (χ0) is 31.1. The lowest BCUT2D eigenvalue weighted by atomic mass is 10.1. The molecule has 3 amide bonds. The van der Waals surface area contributed by atoms with Crippen molar-refractivity contribution >= 4 is 93.0 Å². The average Bonchev–Trinajstić information content (AvgIpc) is 3.47. The molecule has 0 unspecified atom stereocenters. The van der Waals surface area contributed by atoms with E-state index in [1.165, 1.54) is 18.2 Å². The number of hydrogen-bond donors (Lipinski definition) is 3. The van der Waals surface area contributed by atoms with Crippen LogP contribution in [0, 0.1) is 17.6 Å². The van der Waals surface area contributed by atoms with Crippen LogP contribution in [0.25, 0.3) is 0 Å². The van der Waals surface area contributed by atoms with Gasteiger partial charge in [0.1, 0.15) is 21.4 Å². The third-order valence-corrected chi connectivity index (χ3v) is 8.09. The second-order valence-corrected chi connectivity index (χ2v) is 13.0. The predicted octanol–water partition coefficient (Wildman–Crippen LogP) is 9.05. The molecule has 0 aromatic heterocycles. The fourth-order valence-corrected chi connectivity index (χ4v) is 5.47. The quantitative estimate of drug-likeness (QED) is 0.227. The molecule has 1 aliphatic carbocycles. The Morgan fingerprint density at radius 2 is 1.52 bits per heavy atom. The molecule has 2 atom stereocenters. The minimum absolute atomic E-state index is 0.0708. The zero-order valence-electron chi connectivity index (χ0n) is 22.1. The van der Waals surface area contributed by atoms with Crippen molar-refractivity contribution < 1.29 is 27.9 Å². The first-order valence-corrected chi connectivity index (χ1v) is 14.1. The minimum Gasteiger partial charge on any atom is -0.444 e. The number of anilines is 3. The van der Waals surface area contributed by atoms with Gasteiger partial charge in [-0.25, -0.2) is 13.6 Å². The summed E-state index contributed by atoms with van der Waals surface area (Å²) in [6.45, 7) is 4.83. The van der Waals surface area contributed by atoms with E-state index in [0.29, 0.717) is 10.6 Å². The van der Waals surface area contributed by atoms with E-state index in [-0.39, 0.29) is 21.3 Å². The summed E-state index contributed by atoms with van der Waals surface area (Å²) >= 11 is 31.0. The first kappa shape index (κ1) is 32.1. The van der Waals surface area contributed by atoms with Gasteiger partial charge in [-0.15, -0.1) is 23.2 Å². The molecule has 0 bridgehead atoms. The highest BCUT2D eigenvalue weighted by molar-refractivity contribution is 6.53. The molecule has 0 saturated heterocycles. The molecule has 222 valence electrons. The van der Waals surface area contributed by atoms with Crippen molar-refractivity contribution in [1.29, 1.82) is 0 Å². The van der Waals surface area contributed by atoms with Crippen molar-refractivity contribution in [3.8, 4) is 0 Å². The number of carbonyl (C=O) groups is 3. The van der Waals surface area contributed by atoms with Crippen molar-refractivity contribution in [2.75, 3.05) is 16.0 Å². The van der Waals surface area contributed by atoms with E-state index in [0.717, 1.165) is 12.1 Å². The number of rotatable bonds is 6. The van der Waals surface area contributed by atoms with Gasteiger partial charge in [0.15, 0.2) is 5.82 Å². The van der Waals surface area contributed by atoms with E-state index >= 15 is 4.39 Å². The second kappa shape index (κ2) is 12.1. The highest BCUT2D eigenvalue weighted by atomic mass is 35.5. The van der Waals surface area contributed by atoms with Crippen LogP contribution in [0.3, 0.4) is 0 Å². The number of hydrogen-bond acceptors (Lipinski definition) is 4. The van der Waals surface area contributed by atoms with Gasteiger partial charge in [0.25, 0.3) is 5.91 Å². The summed E-state index contributed by atoms with van der Waals surface area (Å²) in [5.41, 5.74) is -1.60. The van der Waals surface area contributed by atoms with Crippen molar-refractivity contribution in [3.05, 3.63) is 86.4 Å². The maximum Gasteiger partial charge on any atom is 0.412 e. The smallest absolute Gasteiger partial charge is 0.412 e. The molecule has 1 aliphatic rings. The number of alkyl halides is 2. The Morgan fingerprint density at radius 3 is 2.17 bits per heavy atom. The van der Waals surface area contributed by atoms with E-state index in [9.17, 15) is 18.8 Å². The van der Waals surface area contributed by atoms with E-state index in [1.54, 1.807) is 39.0 Å². The summed E-state index contributed by atoms with van der Waals surface area (Å²) in [6.07, 6.45) is -0.980. The van der Waals surface area contributed by atoms with E-state index in [4.69, 9.17) is 62.7 Å². The van der Waals surface area contributed by atoms with Crippen molar-refractivity contribution in [2.45, 2.75) is 36.6 Å². The Hall–Kier alpha value is -2.82. The number of amides is 3. The predicted molar refractivity (Wildman–Crippen MR) is 161 cm³/mol. The lowest BCUT2D eigenvalue weighted by Crippen LogP contribution is -2.27. The number of ether oxygens (including phenoxy) is 1. The third kappa shape index (κ3) is 7.03. The Labute approximate surface area is 264 Å². The molecule has 42 heavy (non-hydrogen) atoms. The van der Waals surface area contributed by atoms with Gasteiger partial charge in [0.2, 0.25) is 5.91 Å². The van der Waals surface area contributed by atoms with Crippen LogP contribution in [0.2, 0.25) is 15.1 Å². The number of nitrogens with one attached hydrogen (secondary N) is 3. The lowest BCUT2D eigenvalue weighted by molar-refractivity contribution is -0.117. The summed E-state index contributed by atoms with van der Waals surface area (Å²) in [6, 6.07) is 10.6. The SMILES string of the molecule is CC(C)(C)OC(=O)Nc1ccc(F)c(NC(=O)c2cc(NC(=O)[C@H]3[C@H](c4ccc(Cl)c(Cl)c4)C3(Cl)Cl)ccc2Cl)c1F. The number of carbonyl (C=O) groups excluding carboxylic acids is 3. The molecule has 1 saturated carbocycles. The second-order valence-electron chi connectivity index (χ2n) is 10.4. The molecule has 0 spiro atoms. The van der Waals surface area contributed by atoms with E-state index < -0.39 is 62.7 Å². The average molecular weight is 680 g/mol. The van der Waals surface area contributed by atoms with Crippen LogP contribution >= 0.6 is 58.0 Å². The molecule has 14 heteroatoms. The molecule has 1 fully saturated rings. The van der Waals surface area contributed by atoms with Gasteiger partial charge in [-0.2, -0.15) is 0 Å². The summed E-state index contributed by atoms with van der Waals surface area (Å²) in [5.74, 6) is -5.36. The molecule has 3 N–H and O–H groups in total. The van der Waals surface area contributed by atoms with E-state index in [1.807, 2.05) is 0 Å². The van der Waals surface area contributed by atoms with Crippen LogP contribution < -0.4 is 16.0 Å². The normalized spacial score (nSPS) is 17.3. The Morgan fingerprint density at radius 1 is 0.857 bits per heavy atom. The summed E-state index contributed by atoms with van der Waals surface area (Å²) in [7, 11) is 0. The van der Waals surface area contributed by atoms with Gasteiger partial charge in [-0.3, -0.25) is 14.9 Å². The van der Waals surface area contributed by atoms with Crippen LogP contribution in [-0.4, -0.2) is 27.8 Å². The molecule has 3 aromatic carbocycles. The summed E-state index contributed by atoms with van der Waals surface area (Å²) in [4.78, 5) is 38.1. The molecule has 3 aromatic rings. The minimum atomic E-state index is -1.43. The molecular formula is C28H22Cl5F2N3O4. The third-order valence-electron chi connectivity index (χ3n) is 6.08.